The third-order valence-corrected chi connectivity index (χ3v) is 4.79. The third-order valence-electron chi connectivity index (χ3n) is 4.79. The second-order valence-electron chi connectivity index (χ2n) is 7.48. The van der Waals surface area contributed by atoms with Crippen molar-refractivity contribution in [2.75, 3.05) is 20.2 Å². The summed E-state index contributed by atoms with van der Waals surface area (Å²) in [5.41, 5.74) is -0.204. The minimum absolute atomic E-state index is 0.117. The first-order valence-electron chi connectivity index (χ1n) is 8.61. The lowest BCUT2D eigenvalue weighted by molar-refractivity contribution is -0.168. The van der Waals surface area contributed by atoms with E-state index in [1.807, 2.05) is 20.8 Å². The second kappa shape index (κ2) is 7.07. The zero-order chi connectivity index (χ0) is 17.1. The molecule has 6 heteroatoms. The summed E-state index contributed by atoms with van der Waals surface area (Å²) in [7, 11) is 1.72. The minimum atomic E-state index is -0.468. The van der Waals surface area contributed by atoms with Gasteiger partial charge in [-0.1, -0.05) is 6.42 Å². The molecule has 2 fully saturated rings. The van der Waals surface area contributed by atoms with Crippen molar-refractivity contribution in [1.82, 2.24) is 10.6 Å². The van der Waals surface area contributed by atoms with Crippen LogP contribution in [0.25, 0.3) is 0 Å². The molecule has 0 bridgehead atoms. The molecule has 0 aromatic heterocycles. The highest BCUT2D eigenvalue weighted by Crippen LogP contribution is 2.57. The quantitative estimate of drug-likeness (QED) is 0.458. The average Bonchev–Trinajstić information content (AvgIpc) is 2.37. The van der Waals surface area contributed by atoms with E-state index in [2.05, 4.69) is 22.5 Å². The second-order valence-corrected chi connectivity index (χ2v) is 7.48. The number of ether oxygens (including phenoxy) is 2. The Labute approximate surface area is 139 Å². The predicted molar refractivity (Wildman–Crippen MR) is 90.4 cm³/mol. The maximum Gasteiger partial charge on any atom is 0.325 e. The molecule has 2 atom stereocenters. The fourth-order valence-electron chi connectivity index (χ4n) is 3.53. The molecule has 2 aliphatic rings. The molecule has 2 rings (SSSR count). The summed E-state index contributed by atoms with van der Waals surface area (Å²) in [6.07, 6.45) is 5.05. The topological polar surface area (TPSA) is 72.0 Å². The molecule has 6 nitrogen and oxygen atoms in total. The molecule has 132 valence electrons. The van der Waals surface area contributed by atoms with Gasteiger partial charge in [-0.2, -0.15) is 0 Å². The van der Waals surface area contributed by atoms with Gasteiger partial charge in [0.05, 0.1) is 6.10 Å². The molecule has 2 aliphatic carbocycles. The Bertz CT molecular complexity index is 452. The molecule has 0 saturated heterocycles. The van der Waals surface area contributed by atoms with Crippen LogP contribution in [0.15, 0.2) is 4.99 Å². The zero-order valence-corrected chi connectivity index (χ0v) is 15.1. The van der Waals surface area contributed by atoms with Crippen molar-refractivity contribution in [3.05, 3.63) is 0 Å². The SMILES string of the molecule is CCOC1CC(NC(=NC)NCC(=O)OC(C)(C)C)C12CCC2. The first-order chi connectivity index (χ1) is 10.8. The van der Waals surface area contributed by atoms with E-state index in [0.29, 0.717) is 18.1 Å². The molecule has 0 aromatic carbocycles. The molecule has 0 heterocycles. The molecule has 23 heavy (non-hydrogen) atoms. The highest BCUT2D eigenvalue weighted by molar-refractivity contribution is 5.84. The number of hydrogen-bond acceptors (Lipinski definition) is 4. The number of carbonyl (C=O) groups is 1. The maximum atomic E-state index is 11.8. The van der Waals surface area contributed by atoms with Crippen LogP contribution >= 0.6 is 0 Å². The van der Waals surface area contributed by atoms with E-state index < -0.39 is 5.60 Å². The Morgan fingerprint density at radius 2 is 2.04 bits per heavy atom. The Morgan fingerprint density at radius 3 is 2.52 bits per heavy atom. The molecule has 0 radical (unpaired) electrons. The highest BCUT2D eigenvalue weighted by atomic mass is 16.6. The Kier molecular flexibility index (Phi) is 5.55. The van der Waals surface area contributed by atoms with Crippen molar-refractivity contribution in [2.45, 2.75) is 71.1 Å². The van der Waals surface area contributed by atoms with Crippen molar-refractivity contribution in [3.8, 4) is 0 Å². The standard InChI is InChI=1S/C17H31N3O3/c1-6-22-13-10-12(17(13)8-7-9-17)20-15(18-5)19-11-14(21)23-16(2,3)4/h12-13H,6-11H2,1-5H3,(H2,18,19,20). The minimum Gasteiger partial charge on any atom is -0.459 e. The summed E-state index contributed by atoms with van der Waals surface area (Å²) in [6, 6.07) is 0.373. The lowest BCUT2D eigenvalue weighted by atomic mass is 9.51. The highest BCUT2D eigenvalue weighted by Gasteiger charge is 2.59. The van der Waals surface area contributed by atoms with E-state index in [0.717, 1.165) is 13.0 Å². The Morgan fingerprint density at radius 1 is 1.35 bits per heavy atom. The van der Waals surface area contributed by atoms with Crippen molar-refractivity contribution >= 4 is 11.9 Å². The van der Waals surface area contributed by atoms with E-state index in [-0.39, 0.29) is 17.9 Å². The van der Waals surface area contributed by atoms with Crippen molar-refractivity contribution < 1.29 is 14.3 Å². The van der Waals surface area contributed by atoms with Gasteiger partial charge in [0.15, 0.2) is 5.96 Å². The molecule has 0 aromatic rings. The third kappa shape index (κ3) is 4.16. The summed E-state index contributed by atoms with van der Waals surface area (Å²) >= 11 is 0. The van der Waals surface area contributed by atoms with Gasteiger partial charge < -0.3 is 20.1 Å². The van der Waals surface area contributed by atoms with Crippen LogP contribution in [0, 0.1) is 5.41 Å². The van der Waals surface area contributed by atoms with Crippen LogP contribution < -0.4 is 10.6 Å². The predicted octanol–water partition coefficient (Wildman–Crippen LogP) is 1.84. The summed E-state index contributed by atoms with van der Waals surface area (Å²) < 4.78 is 11.2. The van der Waals surface area contributed by atoms with E-state index in [9.17, 15) is 4.79 Å². The molecule has 2 unspecified atom stereocenters. The Hall–Kier alpha value is -1.30. The lowest BCUT2D eigenvalue weighted by Crippen LogP contribution is -2.68. The number of nitrogens with zero attached hydrogens (tertiary/aromatic N) is 1. The molecule has 0 amide bonds. The van der Waals surface area contributed by atoms with Gasteiger partial charge in [-0.25, -0.2) is 0 Å². The molecule has 2 saturated carbocycles. The maximum absolute atomic E-state index is 11.8. The number of aliphatic imine (C=N–C) groups is 1. The van der Waals surface area contributed by atoms with Gasteiger partial charge in [0.25, 0.3) is 0 Å². The number of esters is 1. The van der Waals surface area contributed by atoms with E-state index in [1.165, 1.54) is 19.3 Å². The average molecular weight is 325 g/mol. The van der Waals surface area contributed by atoms with Crippen LogP contribution in [0.4, 0.5) is 0 Å². The lowest BCUT2D eigenvalue weighted by Gasteiger charge is -2.61. The first kappa shape index (κ1) is 18.0. The fraction of sp³-hybridized carbons (Fsp3) is 0.882. The number of rotatable bonds is 5. The van der Waals surface area contributed by atoms with Gasteiger partial charge in [-0.15, -0.1) is 0 Å². The Balaban J connectivity index is 1.81. The normalized spacial score (nSPS) is 26.2. The van der Waals surface area contributed by atoms with Crippen LogP contribution in [0.1, 0.15) is 53.4 Å². The van der Waals surface area contributed by atoms with Gasteiger partial charge in [0, 0.05) is 25.1 Å². The monoisotopic (exact) mass is 325 g/mol. The van der Waals surface area contributed by atoms with Crippen molar-refractivity contribution in [3.63, 3.8) is 0 Å². The summed E-state index contributed by atoms with van der Waals surface area (Å²) in [6.45, 7) is 8.52. The number of hydrogen-bond donors (Lipinski definition) is 2. The summed E-state index contributed by atoms with van der Waals surface area (Å²) in [5.74, 6) is 0.377. The first-order valence-corrected chi connectivity index (χ1v) is 8.61. The molecular weight excluding hydrogens is 294 g/mol. The van der Waals surface area contributed by atoms with Crippen LogP contribution in [0.2, 0.25) is 0 Å². The van der Waals surface area contributed by atoms with Gasteiger partial charge in [0.2, 0.25) is 0 Å². The number of guanidine groups is 1. The van der Waals surface area contributed by atoms with Gasteiger partial charge in [-0.3, -0.25) is 9.79 Å². The van der Waals surface area contributed by atoms with Gasteiger partial charge in [-0.05, 0) is 47.0 Å². The molecule has 1 spiro atoms. The van der Waals surface area contributed by atoms with Crippen LogP contribution in [0.3, 0.4) is 0 Å². The van der Waals surface area contributed by atoms with Crippen LogP contribution in [-0.2, 0) is 14.3 Å². The van der Waals surface area contributed by atoms with Crippen LogP contribution in [-0.4, -0.2) is 49.9 Å². The molecule has 0 aliphatic heterocycles. The van der Waals surface area contributed by atoms with Crippen molar-refractivity contribution in [2.24, 2.45) is 10.4 Å². The summed E-state index contributed by atoms with van der Waals surface area (Å²) in [4.78, 5) is 16.0. The summed E-state index contributed by atoms with van der Waals surface area (Å²) in [5, 5.41) is 6.50. The number of carbonyl (C=O) groups excluding carboxylic acids is 1. The van der Waals surface area contributed by atoms with Crippen LogP contribution in [0.5, 0.6) is 0 Å². The molecule has 2 N–H and O–H groups in total. The van der Waals surface area contributed by atoms with Crippen molar-refractivity contribution in [1.29, 1.82) is 0 Å². The van der Waals surface area contributed by atoms with E-state index >= 15 is 0 Å². The molecular formula is C17H31N3O3. The fourth-order valence-corrected chi connectivity index (χ4v) is 3.53. The number of nitrogens with one attached hydrogen (secondary N) is 2. The van der Waals surface area contributed by atoms with Gasteiger partial charge >= 0.3 is 5.97 Å². The smallest absolute Gasteiger partial charge is 0.325 e. The largest absolute Gasteiger partial charge is 0.459 e. The van der Waals surface area contributed by atoms with E-state index in [4.69, 9.17) is 9.47 Å². The van der Waals surface area contributed by atoms with Gasteiger partial charge in [0.1, 0.15) is 12.1 Å². The van der Waals surface area contributed by atoms with E-state index in [1.54, 1.807) is 7.05 Å². The zero-order valence-electron chi connectivity index (χ0n) is 15.1.